The monoisotopic (exact) mass is 163 g/mol. The van der Waals surface area contributed by atoms with E-state index in [1.807, 2.05) is 24.3 Å². The van der Waals surface area contributed by atoms with Crippen LogP contribution in [-0.4, -0.2) is 6.72 Å². The third-order valence-electron chi connectivity index (χ3n) is 1.39. The van der Waals surface area contributed by atoms with Gasteiger partial charge in [0.05, 0.1) is 5.69 Å². The molecule has 2 heteroatoms. The zero-order chi connectivity index (χ0) is 8.27. The molecule has 0 fully saturated rings. The Morgan fingerprint density at radius 3 is 2.45 bits per heavy atom. The van der Waals surface area contributed by atoms with Gasteiger partial charge in [-0.15, -0.1) is 12.6 Å². The molecular formula is C9H9NS. The van der Waals surface area contributed by atoms with Crippen LogP contribution in [-0.2, 0) is 0 Å². The van der Waals surface area contributed by atoms with E-state index in [4.69, 9.17) is 0 Å². The lowest BCUT2D eigenvalue weighted by atomic mass is 10.2. The van der Waals surface area contributed by atoms with Gasteiger partial charge in [-0.3, -0.25) is 4.99 Å². The Hall–Kier alpha value is -1.02. The molecule has 0 aromatic heterocycles. The molecule has 0 radical (unpaired) electrons. The van der Waals surface area contributed by atoms with Crippen molar-refractivity contribution in [3.8, 4) is 0 Å². The minimum atomic E-state index is 0.716. The minimum Gasteiger partial charge on any atom is -0.264 e. The number of thiol groups is 1. The number of para-hydroxylation sites is 1. The Bertz CT molecular complexity index is 291. The van der Waals surface area contributed by atoms with Crippen LogP contribution in [0.3, 0.4) is 0 Å². The van der Waals surface area contributed by atoms with E-state index >= 15 is 0 Å². The Morgan fingerprint density at radius 2 is 2.00 bits per heavy atom. The molecule has 0 heterocycles. The van der Waals surface area contributed by atoms with Crippen LogP contribution in [0.25, 0.3) is 4.91 Å². The van der Waals surface area contributed by atoms with Crippen LogP contribution >= 0.6 is 12.6 Å². The summed E-state index contributed by atoms with van der Waals surface area (Å²) < 4.78 is 0. The topological polar surface area (TPSA) is 12.4 Å². The normalized spacial score (nSPS) is 9.18. The predicted molar refractivity (Wildman–Crippen MR) is 53.7 cm³/mol. The van der Waals surface area contributed by atoms with Gasteiger partial charge in [-0.1, -0.05) is 24.8 Å². The van der Waals surface area contributed by atoms with E-state index in [1.54, 1.807) is 0 Å². The average molecular weight is 163 g/mol. The minimum absolute atomic E-state index is 0.716. The molecule has 1 rings (SSSR count). The highest BCUT2D eigenvalue weighted by Crippen LogP contribution is 2.26. The molecule has 56 valence electrons. The fourth-order valence-electron chi connectivity index (χ4n) is 0.856. The Labute approximate surface area is 71.9 Å². The average Bonchev–Trinajstić information content (AvgIpc) is 2.04. The molecule has 11 heavy (non-hydrogen) atoms. The first-order chi connectivity index (χ1) is 5.25. The van der Waals surface area contributed by atoms with Gasteiger partial charge in [0.2, 0.25) is 0 Å². The summed E-state index contributed by atoms with van der Waals surface area (Å²) in [6.45, 7) is 7.16. The van der Waals surface area contributed by atoms with Crippen LogP contribution in [0.2, 0.25) is 0 Å². The summed E-state index contributed by atoms with van der Waals surface area (Å²) in [5.74, 6) is 0. The quantitative estimate of drug-likeness (QED) is 0.508. The van der Waals surface area contributed by atoms with Gasteiger partial charge in [0.1, 0.15) is 0 Å². The lowest BCUT2D eigenvalue weighted by Gasteiger charge is -2.01. The molecular weight excluding hydrogens is 154 g/mol. The number of benzene rings is 1. The van der Waals surface area contributed by atoms with E-state index in [0.717, 1.165) is 11.3 Å². The van der Waals surface area contributed by atoms with Gasteiger partial charge in [-0.2, -0.15) is 0 Å². The van der Waals surface area contributed by atoms with E-state index in [2.05, 4.69) is 30.9 Å². The maximum Gasteiger partial charge on any atom is 0.0705 e. The molecule has 0 amide bonds. The SMILES string of the molecule is C=Nc1ccccc1C(=C)S. The van der Waals surface area contributed by atoms with Crippen molar-refractivity contribution in [1.82, 2.24) is 0 Å². The molecule has 0 spiro atoms. The van der Waals surface area contributed by atoms with Gasteiger partial charge >= 0.3 is 0 Å². The molecule has 0 bridgehead atoms. The number of aliphatic imine (C=N–C) groups is 1. The van der Waals surface area contributed by atoms with Gasteiger partial charge in [-0.05, 0) is 12.8 Å². The second-order valence-corrected chi connectivity index (χ2v) is 2.66. The lowest BCUT2D eigenvalue weighted by Crippen LogP contribution is -1.75. The smallest absolute Gasteiger partial charge is 0.0705 e. The van der Waals surface area contributed by atoms with Gasteiger partial charge in [-0.25, -0.2) is 0 Å². The van der Waals surface area contributed by atoms with Crippen LogP contribution in [0.4, 0.5) is 5.69 Å². The Balaban J connectivity index is 3.22. The lowest BCUT2D eigenvalue weighted by molar-refractivity contribution is 1.52. The maximum absolute atomic E-state index is 4.13. The van der Waals surface area contributed by atoms with Crippen molar-refractivity contribution in [3.05, 3.63) is 36.4 Å². The molecule has 1 aromatic carbocycles. The molecule has 0 atom stereocenters. The van der Waals surface area contributed by atoms with Gasteiger partial charge in [0, 0.05) is 10.5 Å². The molecule has 0 saturated carbocycles. The largest absolute Gasteiger partial charge is 0.264 e. The molecule has 0 aliphatic heterocycles. The maximum atomic E-state index is 4.13. The highest BCUT2D eigenvalue weighted by atomic mass is 32.1. The molecule has 0 aliphatic rings. The van der Waals surface area contributed by atoms with Crippen LogP contribution in [0, 0.1) is 0 Å². The van der Waals surface area contributed by atoms with Crippen molar-refractivity contribution in [2.24, 2.45) is 4.99 Å². The third kappa shape index (κ3) is 1.71. The van der Waals surface area contributed by atoms with Crippen molar-refractivity contribution in [2.45, 2.75) is 0 Å². The number of hydrogen-bond acceptors (Lipinski definition) is 2. The van der Waals surface area contributed by atoms with E-state index in [1.165, 1.54) is 0 Å². The van der Waals surface area contributed by atoms with E-state index in [-0.39, 0.29) is 0 Å². The predicted octanol–water partition coefficient (Wildman–Crippen LogP) is 2.92. The van der Waals surface area contributed by atoms with Crippen molar-refractivity contribution in [2.75, 3.05) is 0 Å². The highest BCUT2D eigenvalue weighted by molar-refractivity contribution is 7.90. The summed E-state index contributed by atoms with van der Waals surface area (Å²) in [6, 6.07) is 7.62. The van der Waals surface area contributed by atoms with Crippen LogP contribution in [0.15, 0.2) is 35.8 Å². The summed E-state index contributed by atoms with van der Waals surface area (Å²) >= 11 is 4.13. The molecule has 1 nitrogen and oxygen atoms in total. The zero-order valence-electron chi connectivity index (χ0n) is 6.12. The van der Waals surface area contributed by atoms with Crippen LogP contribution in [0.5, 0.6) is 0 Å². The molecule has 0 aliphatic carbocycles. The number of nitrogens with zero attached hydrogens (tertiary/aromatic N) is 1. The van der Waals surface area contributed by atoms with Crippen molar-refractivity contribution < 1.29 is 0 Å². The fourth-order valence-corrected chi connectivity index (χ4v) is 1.04. The highest BCUT2D eigenvalue weighted by Gasteiger charge is 1.98. The van der Waals surface area contributed by atoms with Gasteiger partial charge in [0.15, 0.2) is 0 Å². The molecule has 1 aromatic rings. The van der Waals surface area contributed by atoms with Crippen LogP contribution in [0.1, 0.15) is 5.56 Å². The second kappa shape index (κ2) is 3.39. The Kier molecular flexibility index (Phi) is 2.49. The van der Waals surface area contributed by atoms with E-state index in [9.17, 15) is 0 Å². The fraction of sp³-hybridized carbons (Fsp3) is 0. The van der Waals surface area contributed by atoms with Crippen molar-refractivity contribution in [3.63, 3.8) is 0 Å². The molecule has 0 unspecified atom stereocenters. The zero-order valence-corrected chi connectivity index (χ0v) is 7.01. The first-order valence-corrected chi connectivity index (χ1v) is 3.64. The van der Waals surface area contributed by atoms with Gasteiger partial charge in [0.25, 0.3) is 0 Å². The Morgan fingerprint density at radius 1 is 1.36 bits per heavy atom. The first-order valence-electron chi connectivity index (χ1n) is 3.19. The van der Waals surface area contributed by atoms with E-state index < -0.39 is 0 Å². The summed E-state index contributed by atoms with van der Waals surface area (Å²) in [4.78, 5) is 4.55. The number of hydrogen-bond donors (Lipinski definition) is 1. The number of rotatable bonds is 2. The first kappa shape index (κ1) is 8.08. The van der Waals surface area contributed by atoms with Crippen LogP contribution < -0.4 is 0 Å². The summed E-state index contributed by atoms with van der Waals surface area (Å²) in [7, 11) is 0. The van der Waals surface area contributed by atoms with E-state index in [0.29, 0.717) is 4.91 Å². The molecule has 0 saturated heterocycles. The second-order valence-electron chi connectivity index (χ2n) is 2.12. The molecule has 0 N–H and O–H groups in total. The summed E-state index contributed by atoms with van der Waals surface area (Å²) in [6.07, 6.45) is 0. The van der Waals surface area contributed by atoms with Crippen molar-refractivity contribution >= 4 is 29.9 Å². The standard InChI is InChI=1S/C9H9NS/c1-7(11)8-5-3-4-6-9(8)10-2/h3-6,11H,1-2H2. The van der Waals surface area contributed by atoms with Crippen molar-refractivity contribution in [1.29, 1.82) is 0 Å². The summed E-state index contributed by atoms with van der Waals surface area (Å²) in [5.41, 5.74) is 1.76. The third-order valence-corrected chi connectivity index (χ3v) is 1.63. The summed E-state index contributed by atoms with van der Waals surface area (Å²) in [5, 5.41) is 0. The van der Waals surface area contributed by atoms with Gasteiger partial charge < -0.3 is 0 Å².